The molecule has 6 nitrogen and oxygen atoms in total. The number of nitrogens with zero attached hydrogens (tertiary/aromatic N) is 3. The van der Waals surface area contributed by atoms with Gasteiger partial charge in [0.1, 0.15) is 22.2 Å². The number of nitrogens with two attached hydrogens (primary N) is 1. The maximum absolute atomic E-state index is 14.5. The van der Waals surface area contributed by atoms with Crippen LogP contribution < -0.4 is 5.14 Å². The van der Waals surface area contributed by atoms with E-state index in [-0.39, 0.29) is 16.9 Å². The number of rotatable bonds is 4. The molecule has 28 heavy (non-hydrogen) atoms. The lowest BCUT2D eigenvalue weighted by Gasteiger charge is -2.10. The van der Waals surface area contributed by atoms with Crippen molar-refractivity contribution in [2.45, 2.75) is 11.3 Å². The van der Waals surface area contributed by atoms with Crippen molar-refractivity contribution in [1.29, 1.82) is 5.26 Å². The van der Waals surface area contributed by atoms with Gasteiger partial charge in [0.2, 0.25) is 10.0 Å². The first-order valence-electron chi connectivity index (χ1n) is 7.52. The van der Waals surface area contributed by atoms with Crippen molar-refractivity contribution in [2.75, 3.05) is 0 Å². The Morgan fingerprint density at radius 1 is 1.11 bits per heavy atom. The van der Waals surface area contributed by atoms with Crippen LogP contribution in [0.5, 0.6) is 0 Å². The molecule has 0 amide bonds. The highest BCUT2D eigenvalue weighted by molar-refractivity contribution is 7.89. The SMILES string of the molecule is N#Cc1cccc(-n2nc(C(F)F)cc2-c2cc(F)c(S(N)(=O)=O)cc2F)c1. The van der Waals surface area contributed by atoms with Gasteiger partial charge in [-0.05, 0) is 36.4 Å². The van der Waals surface area contributed by atoms with E-state index in [9.17, 15) is 26.0 Å². The number of primary sulfonamides is 1. The Bertz CT molecular complexity index is 1220. The van der Waals surface area contributed by atoms with Gasteiger partial charge < -0.3 is 0 Å². The molecule has 0 spiro atoms. The van der Waals surface area contributed by atoms with E-state index in [1.807, 2.05) is 6.07 Å². The number of halogens is 4. The Hall–Kier alpha value is -3.23. The predicted octanol–water partition coefficient (Wildman–Crippen LogP) is 3.27. The van der Waals surface area contributed by atoms with Crippen LogP contribution in [-0.2, 0) is 10.0 Å². The van der Waals surface area contributed by atoms with Crippen molar-refractivity contribution >= 4 is 10.0 Å². The highest BCUT2D eigenvalue weighted by Gasteiger charge is 2.24. The molecule has 0 fully saturated rings. The molecular weight excluding hydrogens is 400 g/mol. The topological polar surface area (TPSA) is 102 Å². The van der Waals surface area contributed by atoms with Crippen molar-refractivity contribution < 1.29 is 26.0 Å². The molecule has 0 aliphatic carbocycles. The van der Waals surface area contributed by atoms with Gasteiger partial charge in [0.05, 0.1) is 23.0 Å². The molecule has 2 N–H and O–H groups in total. The summed E-state index contributed by atoms with van der Waals surface area (Å²) in [6.07, 6.45) is -3.00. The Morgan fingerprint density at radius 3 is 2.43 bits per heavy atom. The Labute approximate surface area is 156 Å². The van der Waals surface area contributed by atoms with Crippen LogP contribution in [0.4, 0.5) is 17.6 Å². The number of sulfonamides is 1. The molecule has 0 aliphatic heterocycles. The summed E-state index contributed by atoms with van der Waals surface area (Å²) in [5.41, 5.74) is -1.15. The lowest BCUT2D eigenvalue weighted by molar-refractivity contribution is 0.145. The minimum Gasteiger partial charge on any atom is -0.232 e. The smallest absolute Gasteiger partial charge is 0.232 e. The first kappa shape index (κ1) is 19.5. The van der Waals surface area contributed by atoms with Crippen molar-refractivity contribution in [3.63, 3.8) is 0 Å². The van der Waals surface area contributed by atoms with Crippen molar-refractivity contribution in [2.24, 2.45) is 5.14 Å². The van der Waals surface area contributed by atoms with Crippen LogP contribution in [0.2, 0.25) is 0 Å². The second-order valence-corrected chi connectivity index (χ2v) is 7.17. The van der Waals surface area contributed by atoms with Crippen LogP contribution in [0.1, 0.15) is 17.7 Å². The average Bonchev–Trinajstić information content (AvgIpc) is 3.08. The van der Waals surface area contributed by atoms with Gasteiger partial charge in [-0.2, -0.15) is 10.4 Å². The number of nitriles is 1. The van der Waals surface area contributed by atoms with Crippen LogP contribution in [0.15, 0.2) is 47.4 Å². The van der Waals surface area contributed by atoms with Crippen LogP contribution in [0.3, 0.4) is 0 Å². The maximum atomic E-state index is 14.5. The van der Waals surface area contributed by atoms with Gasteiger partial charge in [-0.25, -0.2) is 35.8 Å². The third kappa shape index (κ3) is 3.60. The Kier molecular flexibility index (Phi) is 4.93. The summed E-state index contributed by atoms with van der Waals surface area (Å²) < 4.78 is 78.6. The quantitative estimate of drug-likeness (QED) is 0.667. The maximum Gasteiger partial charge on any atom is 0.282 e. The number of alkyl halides is 2. The molecule has 3 rings (SSSR count). The van der Waals surface area contributed by atoms with Gasteiger partial charge >= 0.3 is 0 Å². The zero-order valence-electron chi connectivity index (χ0n) is 13.8. The fraction of sp³-hybridized carbons (Fsp3) is 0.0588. The van der Waals surface area contributed by atoms with E-state index < -0.39 is 44.2 Å². The minimum atomic E-state index is -4.53. The van der Waals surface area contributed by atoms with E-state index >= 15 is 0 Å². The van der Waals surface area contributed by atoms with E-state index in [1.165, 1.54) is 24.3 Å². The highest BCUT2D eigenvalue weighted by atomic mass is 32.2. The molecular formula is C17H10F4N4O2S. The monoisotopic (exact) mass is 410 g/mol. The van der Waals surface area contributed by atoms with E-state index in [1.54, 1.807) is 0 Å². The molecule has 0 atom stereocenters. The van der Waals surface area contributed by atoms with Gasteiger partial charge in [0.15, 0.2) is 0 Å². The third-order valence-corrected chi connectivity index (χ3v) is 4.70. The van der Waals surface area contributed by atoms with Crippen molar-refractivity contribution in [3.8, 4) is 23.0 Å². The predicted molar refractivity (Wildman–Crippen MR) is 90.0 cm³/mol. The molecule has 1 aromatic heterocycles. The summed E-state index contributed by atoms with van der Waals surface area (Å²) in [6.45, 7) is 0. The Morgan fingerprint density at radius 2 is 1.82 bits per heavy atom. The molecule has 0 aliphatic rings. The van der Waals surface area contributed by atoms with Gasteiger partial charge in [-0.3, -0.25) is 0 Å². The second-order valence-electron chi connectivity index (χ2n) is 5.64. The molecule has 3 aromatic rings. The zero-order valence-corrected chi connectivity index (χ0v) is 14.6. The van der Waals surface area contributed by atoms with E-state index in [0.717, 1.165) is 10.7 Å². The molecule has 0 saturated carbocycles. The molecule has 1 heterocycles. The number of hydrogen-bond donors (Lipinski definition) is 1. The lowest BCUT2D eigenvalue weighted by Crippen LogP contribution is -2.15. The molecule has 0 bridgehead atoms. The normalized spacial score (nSPS) is 11.6. The standard InChI is InChI=1S/C17H10F4N4O2S/c18-12-6-16(28(23,26)27)13(19)5-11(12)15-7-14(17(20)21)24-25(15)10-3-1-2-9(4-10)8-22/h1-7,17H,(H2,23,26,27). The van der Waals surface area contributed by atoms with Crippen LogP contribution in [0, 0.1) is 23.0 Å². The third-order valence-electron chi connectivity index (χ3n) is 3.78. The van der Waals surface area contributed by atoms with Crippen molar-refractivity contribution in [1.82, 2.24) is 9.78 Å². The summed E-state index contributed by atoms with van der Waals surface area (Å²) in [7, 11) is -4.53. The molecule has 0 unspecified atom stereocenters. The Balaban J connectivity index is 2.28. The van der Waals surface area contributed by atoms with Crippen LogP contribution in [-0.4, -0.2) is 18.2 Å². The van der Waals surface area contributed by atoms with E-state index in [0.29, 0.717) is 12.1 Å². The molecule has 11 heteroatoms. The number of benzene rings is 2. The summed E-state index contributed by atoms with van der Waals surface area (Å²) in [4.78, 5) is -1.07. The van der Waals surface area contributed by atoms with Crippen molar-refractivity contribution in [3.05, 3.63) is 65.4 Å². The fourth-order valence-corrected chi connectivity index (χ4v) is 3.14. The minimum absolute atomic E-state index is 0.149. The number of hydrogen-bond acceptors (Lipinski definition) is 4. The van der Waals surface area contributed by atoms with Gasteiger partial charge in [-0.1, -0.05) is 6.07 Å². The summed E-state index contributed by atoms with van der Waals surface area (Å²) in [6, 6.07) is 9.28. The largest absolute Gasteiger partial charge is 0.282 e. The lowest BCUT2D eigenvalue weighted by atomic mass is 10.1. The zero-order chi connectivity index (χ0) is 20.6. The molecule has 0 radical (unpaired) electrons. The van der Waals surface area contributed by atoms with E-state index in [4.69, 9.17) is 10.4 Å². The summed E-state index contributed by atoms with van der Waals surface area (Å²) >= 11 is 0. The molecule has 0 saturated heterocycles. The second kappa shape index (κ2) is 7.06. The van der Waals surface area contributed by atoms with Crippen LogP contribution in [0.25, 0.3) is 16.9 Å². The fourth-order valence-electron chi connectivity index (χ4n) is 2.54. The van der Waals surface area contributed by atoms with Gasteiger partial charge in [-0.15, -0.1) is 0 Å². The molecule has 2 aromatic carbocycles. The van der Waals surface area contributed by atoms with E-state index in [2.05, 4.69) is 5.10 Å². The van der Waals surface area contributed by atoms with Crippen LogP contribution >= 0.6 is 0 Å². The van der Waals surface area contributed by atoms with Gasteiger partial charge in [0, 0.05) is 5.56 Å². The number of aromatic nitrogens is 2. The summed E-state index contributed by atoms with van der Waals surface area (Å²) in [5, 5.41) is 17.5. The van der Waals surface area contributed by atoms with Gasteiger partial charge in [0.25, 0.3) is 6.43 Å². The summed E-state index contributed by atoms with van der Waals surface area (Å²) in [5.74, 6) is -2.56. The highest BCUT2D eigenvalue weighted by Crippen LogP contribution is 2.32. The molecule has 144 valence electrons. The average molecular weight is 410 g/mol. The first-order valence-corrected chi connectivity index (χ1v) is 9.07. The first-order chi connectivity index (χ1) is 13.1.